The van der Waals surface area contributed by atoms with Gasteiger partial charge in [-0.3, -0.25) is 9.88 Å². The maximum absolute atomic E-state index is 4.16. The van der Waals surface area contributed by atoms with E-state index in [0.717, 1.165) is 45.1 Å². The number of hydrogen-bond acceptors (Lipinski definition) is 5. The maximum atomic E-state index is 4.16. The topological polar surface area (TPSA) is 53.1 Å². The molecule has 1 fully saturated rings. The van der Waals surface area contributed by atoms with E-state index in [1.165, 1.54) is 0 Å². The Bertz CT molecular complexity index is 270. The summed E-state index contributed by atoms with van der Waals surface area (Å²) < 4.78 is 0. The molecule has 5 nitrogen and oxygen atoms in total. The Morgan fingerprint density at radius 3 is 2.93 bits per heavy atom. The highest BCUT2D eigenvalue weighted by Crippen LogP contribution is 1.97. The largest absolute Gasteiger partial charge is 0.368 e. The summed E-state index contributed by atoms with van der Waals surface area (Å²) in [5.41, 5.74) is 0. The lowest BCUT2D eigenvalue weighted by molar-refractivity contribution is 0.249. The second kappa shape index (κ2) is 5.63. The van der Waals surface area contributed by atoms with Crippen molar-refractivity contribution in [3.05, 3.63) is 18.6 Å². The zero-order chi connectivity index (χ0) is 10.3. The number of aromatic nitrogens is 2. The van der Waals surface area contributed by atoms with Crippen LogP contribution in [0.15, 0.2) is 18.6 Å². The molecule has 1 aromatic heterocycles. The first-order valence-corrected chi connectivity index (χ1v) is 5.38. The number of nitrogens with zero attached hydrogens (tertiary/aromatic N) is 3. The van der Waals surface area contributed by atoms with Gasteiger partial charge < -0.3 is 10.6 Å². The number of anilines is 1. The van der Waals surface area contributed by atoms with Crippen molar-refractivity contribution < 1.29 is 0 Å². The van der Waals surface area contributed by atoms with Crippen LogP contribution in [0.1, 0.15) is 0 Å². The zero-order valence-electron chi connectivity index (χ0n) is 8.82. The van der Waals surface area contributed by atoms with Crippen molar-refractivity contribution in [3.8, 4) is 0 Å². The quantitative estimate of drug-likeness (QED) is 0.716. The van der Waals surface area contributed by atoms with Crippen molar-refractivity contribution in [2.24, 2.45) is 0 Å². The van der Waals surface area contributed by atoms with E-state index in [1.807, 2.05) is 0 Å². The van der Waals surface area contributed by atoms with Crippen molar-refractivity contribution in [2.75, 3.05) is 44.6 Å². The van der Waals surface area contributed by atoms with Gasteiger partial charge in [0.1, 0.15) is 5.82 Å². The third-order valence-corrected chi connectivity index (χ3v) is 2.51. The summed E-state index contributed by atoms with van der Waals surface area (Å²) in [7, 11) is 0. The highest BCUT2D eigenvalue weighted by Gasteiger charge is 2.07. The molecule has 0 aliphatic carbocycles. The average molecular weight is 207 g/mol. The Balaban J connectivity index is 1.66. The molecule has 82 valence electrons. The van der Waals surface area contributed by atoms with E-state index < -0.39 is 0 Å². The second-order valence-electron chi connectivity index (χ2n) is 3.61. The molecule has 1 aliphatic rings. The minimum absolute atomic E-state index is 0.854. The Morgan fingerprint density at radius 2 is 2.20 bits per heavy atom. The molecule has 15 heavy (non-hydrogen) atoms. The number of rotatable bonds is 4. The lowest BCUT2D eigenvalue weighted by atomic mass is 10.3. The molecule has 0 amide bonds. The van der Waals surface area contributed by atoms with Crippen LogP contribution >= 0.6 is 0 Å². The zero-order valence-corrected chi connectivity index (χ0v) is 8.82. The van der Waals surface area contributed by atoms with Crippen LogP contribution in [0.2, 0.25) is 0 Å². The van der Waals surface area contributed by atoms with E-state index in [0.29, 0.717) is 0 Å². The molecule has 5 heteroatoms. The van der Waals surface area contributed by atoms with E-state index in [1.54, 1.807) is 18.6 Å². The molecule has 0 unspecified atom stereocenters. The summed E-state index contributed by atoms with van der Waals surface area (Å²) in [6.07, 6.45) is 5.13. The van der Waals surface area contributed by atoms with Crippen LogP contribution in [-0.2, 0) is 0 Å². The fraction of sp³-hybridized carbons (Fsp3) is 0.600. The molecule has 0 bridgehead atoms. The average Bonchev–Trinajstić information content (AvgIpc) is 2.32. The van der Waals surface area contributed by atoms with Gasteiger partial charge in [-0.25, -0.2) is 4.98 Å². The lowest BCUT2D eigenvalue weighted by Crippen LogP contribution is -2.45. The van der Waals surface area contributed by atoms with Gasteiger partial charge in [-0.05, 0) is 0 Å². The molecule has 2 heterocycles. The number of piperazine rings is 1. The molecule has 1 saturated heterocycles. The first-order valence-electron chi connectivity index (χ1n) is 5.38. The van der Waals surface area contributed by atoms with Crippen LogP contribution in [0.3, 0.4) is 0 Å². The predicted molar refractivity (Wildman–Crippen MR) is 59.8 cm³/mol. The van der Waals surface area contributed by atoms with Crippen molar-refractivity contribution in [2.45, 2.75) is 0 Å². The first-order chi connectivity index (χ1) is 7.45. The Morgan fingerprint density at radius 1 is 1.33 bits per heavy atom. The maximum Gasteiger partial charge on any atom is 0.144 e. The van der Waals surface area contributed by atoms with Crippen LogP contribution in [0.4, 0.5) is 5.82 Å². The predicted octanol–water partition coefficient (Wildman–Crippen LogP) is -0.206. The summed E-state index contributed by atoms with van der Waals surface area (Å²) in [6.45, 7) is 6.48. The minimum atomic E-state index is 0.854. The summed E-state index contributed by atoms with van der Waals surface area (Å²) in [5, 5.41) is 6.59. The number of nitrogens with one attached hydrogen (secondary N) is 2. The molecule has 1 aromatic rings. The minimum Gasteiger partial charge on any atom is -0.368 e. The third-order valence-electron chi connectivity index (χ3n) is 2.51. The van der Waals surface area contributed by atoms with Gasteiger partial charge in [-0.2, -0.15) is 0 Å². The van der Waals surface area contributed by atoms with Gasteiger partial charge in [-0.1, -0.05) is 0 Å². The van der Waals surface area contributed by atoms with Crippen LogP contribution in [-0.4, -0.2) is 54.1 Å². The van der Waals surface area contributed by atoms with Crippen molar-refractivity contribution >= 4 is 5.82 Å². The molecule has 0 saturated carbocycles. The highest BCUT2D eigenvalue weighted by atomic mass is 15.2. The second-order valence-corrected chi connectivity index (χ2v) is 3.61. The van der Waals surface area contributed by atoms with Gasteiger partial charge in [0.05, 0.1) is 6.20 Å². The van der Waals surface area contributed by atoms with Crippen molar-refractivity contribution in [1.29, 1.82) is 0 Å². The monoisotopic (exact) mass is 207 g/mol. The van der Waals surface area contributed by atoms with Crippen LogP contribution in [0.25, 0.3) is 0 Å². The summed E-state index contributed by atoms with van der Waals surface area (Å²) >= 11 is 0. The molecular weight excluding hydrogens is 190 g/mol. The van der Waals surface area contributed by atoms with Crippen LogP contribution < -0.4 is 10.6 Å². The fourth-order valence-electron chi connectivity index (χ4n) is 1.67. The van der Waals surface area contributed by atoms with Gasteiger partial charge in [0, 0.05) is 51.7 Å². The molecule has 1 aliphatic heterocycles. The van der Waals surface area contributed by atoms with E-state index in [4.69, 9.17) is 0 Å². The SMILES string of the molecule is c1cnc(NCCN2CCNCC2)cn1. The van der Waals surface area contributed by atoms with Gasteiger partial charge in [0.15, 0.2) is 0 Å². The number of hydrogen-bond donors (Lipinski definition) is 2. The molecule has 2 N–H and O–H groups in total. The Labute approximate surface area is 89.9 Å². The molecule has 0 atom stereocenters. The third kappa shape index (κ3) is 3.45. The van der Waals surface area contributed by atoms with Crippen LogP contribution in [0, 0.1) is 0 Å². The standard InChI is InChI=1S/C10H17N5/c1-2-13-10(9-12-1)14-5-8-15-6-3-11-4-7-15/h1-2,9,11H,3-8H2,(H,13,14). The lowest BCUT2D eigenvalue weighted by Gasteiger charge is -2.27. The van der Waals surface area contributed by atoms with Gasteiger partial charge in [0.2, 0.25) is 0 Å². The highest BCUT2D eigenvalue weighted by molar-refractivity contribution is 5.29. The Hall–Kier alpha value is -1.20. The van der Waals surface area contributed by atoms with Crippen LogP contribution in [0.5, 0.6) is 0 Å². The molecule has 0 radical (unpaired) electrons. The van der Waals surface area contributed by atoms with E-state index in [9.17, 15) is 0 Å². The van der Waals surface area contributed by atoms with E-state index in [-0.39, 0.29) is 0 Å². The summed E-state index contributed by atoms with van der Waals surface area (Å²) in [5.74, 6) is 0.854. The smallest absolute Gasteiger partial charge is 0.144 e. The fourth-order valence-corrected chi connectivity index (χ4v) is 1.67. The summed E-state index contributed by atoms with van der Waals surface area (Å²) in [6, 6.07) is 0. The molecular formula is C10H17N5. The molecule has 2 rings (SSSR count). The molecule has 0 aromatic carbocycles. The van der Waals surface area contributed by atoms with Gasteiger partial charge in [0.25, 0.3) is 0 Å². The van der Waals surface area contributed by atoms with E-state index in [2.05, 4.69) is 25.5 Å². The van der Waals surface area contributed by atoms with E-state index >= 15 is 0 Å². The van der Waals surface area contributed by atoms with Gasteiger partial charge in [-0.15, -0.1) is 0 Å². The molecule has 0 spiro atoms. The van der Waals surface area contributed by atoms with Crippen molar-refractivity contribution in [1.82, 2.24) is 20.2 Å². The normalized spacial score (nSPS) is 17.6. The van der Waals surface area contributed by atoms with Gasteiger partial charge >= 0.3 is 0 Å². The van der Waals surface area contributed by atoms with Crippen molar-refractivity contribution in [3.63, 3.8) is 0 Å². The Kier molecular flexibility index (Phi) is 3.87. The first kappa shape index (κ1) is 10.3. The summed E-state index contributed by atoms with van der Waals surface area (Å²) in [4.78, 5) is 10.6.